The average molecular weight is 428 g/mol. The molecule has 3 rings (SSSR count). The Balaban J connectivity index is 1.60. The molecule has 3 aromatic rings. The summed E-state index contributed by atoms with van der Waals surface area (Å²) < 4.78 is 1.81. The van der Waals surface area contributed by atoms with Crippen LogP contribution < -0.4 is 10.6 Å². The fourth-order valence-electron chi connectivity index (χ4n) is 2.94. The molecule has 0 unspecified atom stereocenters. The van der Waals surface area contributed by atoms with Crippen molar-refractivity contribution in [3.05, 3.63) is 86.7 Å². The summed E-state index contributed by atoms with van der Waals surface area (Å²) in [4.78, 5) is 23.4. The number of nitrogens with zero attached hydrogens (tertiary/aromatic N) is 3. The molecule has 2 N–H and O–H groups in total. The van der Waals surface area contributed by atoms with Crippen LogP contribution in [0.15, 0.2) is 54.9 Å². The van der Waals surface area contributed by atoms with E-state index in [4.69, 9.17) is 11.6 Å². The van der Waals surface area contributed by atoms with Crippen LogP contribution in [0.4, 0.5) is 11.4 Å². The molecule has 8 nitrogen and oxygen atoms in total. The molecule has 0 aliphatic carbocycles. The third-order valence-electron chi connectivity index (χ3n) is 4.50. The van der Waals surface area contributed by atoms with Crippen LogP contribution in [0.1, 0.15) is 27.9 Å². The smallest absolute Gasteiger partial charge is 0.293 e. The molecule has 0 bridgehead atoms. The van der Waals surface area contributed by atoms with Crippen molar-refractivity contribution in [3.63, 3.8) is 0 Å². The molecule has 0 saturated heterocycles. The molecule has 0 aliphatic rings. The first-order valence-corrected chi connectivity index (χ1v) is 9.85. The second-order valence-corrected chi connectivity index (χ2v) is 7.23. The molecule has 2 aromatic carbocycles. The molecular formula is C21H22ClN5O3. The fourth-order valence-corrected chi connectivity index (χ4v) is 3.14. The van der Waals surface area contributed by atoms with Crippen LogP contribution in [0.2, 0.25) is 5.02 Å². The highest BCUT2D eigenvalue weighted by atomic mass is 35.5. The molecule has 0 atom stereocenters. The average Bonchev–Trinajstić information content (AvgIpc) is 3.15. The molecule has 1 aromatic heterocycles. The van der Waals surface area contributed by atoms with Crippen molar-refractivity contribution in [3.8, 4) is 0 Å². The third-order valence-corrected chi connectivity index (χ3v) is 4.86. The molecule has 156 valence electrons. The van der Waals surface area contributed by atoms with Crippen LogP contribution in [-0.4, -0.2) is 27.2 Å². The van der Waals surface area contributed by atoms with Gasteiger partial charge in [0, 0.05) is 42.5 Å². The van der Waals surface area contributed by atoms with Gasteiger partial charge in [-0.05, 0) is 42.7 Å². The van der Waals surface area contributed by atoms with E-state index in [2.05, 4.69) is 15.7 Å². The van der Waals surface area contributed by atoms with Gasteiger partial charge in [0.15, 0.2) is 0 Å². The predicted octanol–water partition coefficient (Wildman–Crippen LogP) is 4.19. The van der Waals surface area contributed by atoms with Gasteiger partial charge in [-0.1, -0.05) is 29.8 Å². The summed E-state index contributed by atoms with van der Waals surface area (Å²) in [6, 6.07) is 11.6. The molecular weight excluding hydrogens is 406 g/mol. The van der Waals surface area contributed by atoms with Crippen molar-refractivity contribution in [2.24, 2.45) is 0 Å². The van der Waals surface area contributed by atoms with Crippen molar-refractivity contribution < 1.29 is 9.72 Å². The number of aromatic nitrogens is 2. The molecule has 1 amide bonds. The van der Waals surface area contributed by atoms with Crippen LogP contribution >= 0.6 is 11.6 Å². The number of nitro groups is 1. The number of amides is 1. The first-order valence-electron chi connectivity index (χ1n) is 9.47. The zero-order chi connectivity index (χ0) is 21.5. The number of anilines is 1. The Morgan fingerprint density at radius 3 is 2.77 bits per heavy atom. The highest BCUT2D eigenvalue weighted by molar-refractivity contribution is 6.31. The fraction of sp³-hybridized carbons (Fsp3) is 0.238. The van der Waals surface area contributed by atoms with Crippen molar-refractivity contribution in [2.75, 3.05) is 11.9 Å². The highest BCUT2D eigenvalue weighted by Crippen LogP contribution is 2.27. The summed E-state index contributed by atoms with van der Waals surface area (Å²) in [5.74, 6) is -0.354. The van der Waals surface area contributed by atoms with Gasteiger partial charge >= 0.3 is 0 Å². The van der Waals surface area contributed by atoms with E-state index >= 15 is 0 Å². The topological polar surface area (TPSA) is 102 Å². The number of carbonyl (C=O) groups excluding carboxylic acids is 1. The lowest BCUT2D eigenvalue weighted by Crippen LogP contribution is -2.25. The van der Waals surface area contributed by atoms with Gasteiger partial charge in [-0.2, -0.15) is 5.10 Å². The van der Waals surface area contributed by atoms with Gasteiger partial charge in [0.1, 0.15) is 5.69 Å². The van der Waals surface area contributed by atoms with Gasteiger partial charge in [-0.3, -0.25) is 19.6 Å². The lowest BCUT2D eigenvalue weighted by atomic mass is 10.1. The van der Waals surface area contributed by atoms with E-state index in [-0.39, 0.29) is 17.2 Å². The van der Waals surface area contributed by atoms with Gasteiger partial charge in [0.25, 0.3) is 11.6 Å². The summed E-state index contributed by atoms with van der Waals surface area (Å²) in [5, 5.41) is 22.1. The Bertz CT molecular complexity index is 1050. The summed E-state index contributed by atoms with van der Waals surface area (Å²) in [6.45, 7) is 3.42. The first-order chi connectivity index (χ1) is 14.4. The molecule has 0 radical (unpaired) electrons. The summed E-state index contributed by atoms with van der Waals surface area (Å²) in [7, 11) is 0. The van der Waals surface area contributed by atoms with Gasteiger partial charge < -0.3 is 10.6 Å². The van der Waals surface area contributed by atoms with E-state index in [0.717, 1.165) is 11.1 Å². The minimum absolute atomic E-state index is 0.165. The largest absolute Gasteiger partial charge is 0.375 e. The van der Waals surface area contributed by atoms with E-state index < -0.39 is 4.92 Å². The summed E-state index contributed by atoms with van der Waals surface area (Å²) >= 11 is 6.13. The van der Waals surface area contributed by atoms with Crippen molar-refractivity contribution in [1.82, 2.24) is 15.1 Å². The van der Waals surface area contributed by atoms with Crippen LogP contribution in [0.5, 0.6) is 0 Å². The lowest BCUT2D eigenvalue weighted by Gasteiger charge is -2.10. The zero-order valence-electron chi connectivity index (χ0n) is 16.5. The van der Waals surface area contributed by atoms with Crippen molar-refractivity contribution >= 4 is 28.9 Å². The number of carbonyl (C=O) groups is 1. The SMILES string of the molecule is Cc1cnn(CCCNC(=O)c2ccc(NCc3ccccc3Cl)c([N+](=O)[O-])c2)c1. The Kier molecular flexibility index (Phi) is 7.03. The maximum absolute atomic E-state index is 12.4. The van der Waals surface area contributed by atoms with Crippen molar-refractivity contribution in [2.45, 2.75) is 26.4 Å². The summed E-state index contributed by atoms with van der Waals surface area (Å²) in [6.07, 6.45) is 4.41. The van der Waals surface area contributed by atoms with Gasteiger partial charge in [-0.25, -0.2) is 0 Å². The van der Waals surface area contributed by atoms with E-state index in [0.29, 0.717) is 36.8 Å². The number of hydrogen-bond donors (Lipinski definition) is 2. The Labute approximate surface area is 179 Å². The molecule has 0 fully saturated rings. The standard InChI is InChI=1S/C21H22ClN5O3/c1-15-12-25-26(14-15)10-4-9-23-21(28)16-7-8-19(20(11-16)27(29)30)24-13-17-5-2-3-6-18(17)22/h2-3,5-8,11-12,14,24H,4,9-10,13H2,1H3,(H,23,28). The second-order valence-electron chi connectivity index (χ2n) is 6.82. The quantitative estimate of drug-likeness (QED) is 0.303. The molecule has 0 aliphatic heterocycles. The number of benzene rings is 2. The van der Waals surface area contributed by atoms with Crippen molar-refractivity contribution in [1.29, 1.82) is 0 Å². The number of halogens is 1. The second kappa shape index (κ2) is 9.89. The van der Waals surface area contributed by atoms with Gasteiger partial charge in [-0.15, -0.1) is 0 Å². The lowest BCUT2D eigenvalue weighted by molar-refractivity contribution is -0.384. The van der Waals surface area contributed by atoms with Gasteiger partial charge in [0.05, 0.1) is 11.1 Å². The molecule has 30 heavy (non-hydrogen) atoms. The van der Waals surface area contributed by atoms with E-state index in [9.17, 15) is 14.9 Å². The van der Waals surface area contributed by atoms with E-state index in [1.165, 1.54) is 12.1 Å². The zero-order valence-corrected chi connectivity index (χ0v) is 17.2. The molecule has 1 heterocycles. The van der Waals surface area contributed by atoms with Crippen LogP contribution in [0, 0.1) is 17.0 Å². The molecule has 0 saturated carbocycles. The Morgan fingerprint density at radius 1 is 1.27 bits per heavy atom. The van der Waals surface area contributed by atoms with Crippen LogP contribution in [0.3, 0.4) is 0 Å². The van der Waals surface area contributed by atoms with Crippen LogP contribution in [-0.2, 0) is 13.1 Å². The number of nitrogens with one attached hydrogen (secondary N) is 2. The van der Waals surface area contributed by atoms with Crippen LogP contribution in [0.25, 0.3) is 0 Å². The number of rotatable bonds is 9. The molecule has 0 spiro atoms. The minimum atomic E-state index is -0.508. The predicted molar refractivity (Wildman–Crippen MR) is 116 cm³/mol. The van der Waals surface area contributed by atoms with E-state index in [1.54, 1.807) is 18.3 Å². The van der Waals surface area contributed by atoms with E-state index in [1.807, 2.05) is 36.0 Å². The highest BCUT2D eigenvalue weighted by Gasteiger charge is 2.17. The number of aryl methyl sites for hydroxylation is 2. The van der Waals surface area contributed by atoms with Gasteiger partial charge in [0.2, 0.25) is 0 Å². The first kappa shape index (κ1) is 21.3. The monoisotopic (exact) mass is 427 g/mol. The number of hydrogen-bond acceptors (Lipinski definition) is 5. The minimum Gasteiger partial charge on any atom is -0.375 e. The molecule has 9 heteroatoms. The summed E-state index contributed by atoms with van der Waals surface area (Å²) in [5.41, 5.74) is 2.30. The maximum Gasteiger partial charge on any atom is 0.293 e. The Morgan fingerprint density at radius 2 is 2.07 bits per heavy atom. The third kappa shape index (κ3) is 5.57. The normalized spacial score (nSPS) is 10.6. The Hall–Kier alpha value is -3.39. The number of nitro benzene ring substituents is 1. The maximum atomic E-state index is 12.4.